The van der Waals surface area contributed by atoms with Gasteiger partial charge in [0.15, 0.2) is 0 Å². The summed E-state index contributed by atoms with van der Waals surface area (Å²) in [6.07, 6.45) is 3.41. The number of amides is 2. The van der Waals surface area contributed by atoms with Gasteiger partial charge in [-0.1, -0.05) is 18.5 Å². The number of nitrogens with one attached hydrogen (secondary N) is 1. The summed E-state index contributed by atoms with van der Waals surface area (Å²) in [6, 6.07) is 2.98. The van der Waals surface area contributed by atoms with Crippen molar-refractivity contribution in [2.75, 3.05) is 52.7 Å². The van der Waals surface area contributed by atoms with Gasteiger partial charge in [-0.25, -0.2) is 0 Å². The van der Waals surface area contributed by atoms with E-state index in [0.717, 1.165) is 52.0 Å². The Balaban J connectivity index is 1.58. The maximum Gasteiger partial charge on any atom is 0.255 e. The lowest BCUT2D eigenvalue weighted by Crippen LogP contribution is -2.56. The van der Waals surface area contributed by atoms with Crippen molar-refractivity contribution in [2.24, 2.45) is 5.92 Å². The third kappa shape index (κ3) is 5.85. The Bertz CT molecular complexity index is 821. The maximum absolute atomic E-state index is 12.9. The predicted molar refractivity (Wildman–Crippen MR) is 125 cm³/mol. The SMILES string of the molecule is CCC(=O)N1CCCC(CN2CCC(NC(=O)c3cc(Cl)c(N)cc3OC)C(OC)C2)C1. The lowest BCUT2D eigenvalue weighted by molar-refractivity contribution is -0.132. The highest BCUT2D eigenvalue weighted by Crippen LogP contribution is 2.29. The zero-order valence-electron chi connectivity index (χ0n) is 19.2. The predicted octanol–water partition coefficient (Wildman–Crippen LogP) is 2.40. The lowest BCUT2D eigenvalue weighted by atomic mass is 9.94. The average molecular weight is 467 g/mol. The Labute approximate surface area is 195 Å². The number of hydrogen-bond acceptors (Lipinski definition) is 6. The van der Waals surface area contributed by atoms with Crippen LogP contribution < -0.4 is 15.8 Å². The molecule has 8 nitrogen and oxygen atoms in total. The molecule has 3 N–H and O–H groups in total. The molecule has 1 aromatic rings. The second kappa shape index (κ2) is 11.2. The Kier molecular flexibility index (Phi) is 8.62. The number of likely N-dealkylation sites (tertiary alicyclic amines) is 2. The van der Waals surface area contributed by atoms with E-state index < -0.39 is 0 Å². The monoisotopic (exact) mass is 466 g/mol. The summed E-state index contributed by atoms with van der Waals surface area (Å²) in [6.45, 7) is 6.16. The molecule has 0 spiro atoms. The molecule has 0 aliphatic carbocycles. The summed E-state index contributed by atoms with van der Waals surface area (Å²) >= 11 is 6.12. The molecule has 2 fully saturated rings. The van der Waals surface area contributed by atoms with Crippen LogP contribution in [0, 0.1) is 5.92 Å². The van der Waals surface area contributed by atoms with Gasteiger partial charge < -0.3 is 30.3 Å². The normalized spacial score (nSPS) is 24.2. The molecule has 0 bridgehead atoms. The van der Waals surface area contributed by atoms with Crippen LogP contribution in [-0.4, -0.2) is 80.7 Å². The number of carbonyl (C=O) groups excluding carboxylic acids is 2. The van der Waals surface area contributed by atoms with E-state index in [1.54, 1.807) is 13.2 Å². The van der Waals surface area contributed by atoms with Crippen LogP contribution in [0.2, 0.25) is 5.02 Å². The highest BCUT2D eigenvalue weighted by Gasteiger charge is 2.33. The Morgan fingerprint density at radius 3 is 2.69 bits per heavy atom. The van der Waals surface area contributed by atoms with Crippen LogP contribution >= 0.6 is 11.6 Å². The van der Waals surface area contributed by atoms with Gasteiger partial charge in [0, 0.05) is 52.3 Å². The minimum Gasteiger partial charge on any atom is -0.496 e. The van der Waals surface area contributed by atoms with Crippen LogP contribution in [0.3, 0.4) is 0 Å². The number of anilines is 1. The topological polar surface area (TPSA) is 97.1 Å². The van der Waals surface area contributed by atoms with E-state index in [9.17, 15) is 9.59 Å². The number of ether oxygens (including phenoxy) is 2. The number of nitrogens with two attached hydrogens (primary N) is 1. The Morgan fingerprint density at radius 1 is 1.22 bits per heavy atom. The molecule has 2 aliphatic heterocycles. The average Bonchev–Trinajstić information content (AvgIpc) is 2.80. The van der Waals surface area contributed by atoms with Crippen LogP contribution in [0.1, 0.15) is 43.0 Å². The second-order valence-corrected chi connectivity index (χ2v) is 9.09. The first-order chi connectivity index (χ1) is 15.4. The smallest absolute Gasteiger partial charge is 0.255 e. The standard InChI is InChI=1S/C23H35ClN4O4/c1-4-22(29)28-8-5-6-15(13-28)12-27-9-7-19(21(14-27)32-3)26-23(30)16-10-17(24)18(25)11-20(16)31-2/h10-11,15,19,21H,4-9,12-14,25H2,1-3H3,(H,26,30). The van der Waals surface area contributed by atoms with Gasteiger partial charge in [0.05, 0.1) is 35.5 Å². The Morgan fingerprint density at radius 2 is 2.00 bits per heavy atom. The number of benzene rings is 1. The van der Waals surface area contributed by atoms with Gasteiger partial charge in [0.25, 0.3) is 5.91 Å². The molecule has 2 aliphatic rings. The molecular weight excluding hydrogens is 432 g/mol. The summed E-state index contributed by atoms with van der Waals surface area (Å²) in [4.78, 5) is 29.4. The first kappa shape index (κ1) is 24.6. The first-order valence-corrected chi connectivity index (χ1v) is 11.7. The molecule has 1 aromatic carbocycles. The van der Waals surface area contributed by atoms with Crippen molar-refractivity contribution in [3.05, 3.63) is 22.7 Å². The number of rotatable bonds is 7. The molecular formula is C23H35ClN4O4. The number of methoxy groups -OCH3 is 2. The van der Waals surface area contributed by atoms with Crippen LogP contribution in [0.15, 0.2) is 12.1 Å². The van der Waals surface area contributed by atoms with Crippen LogP contribution in [0.4, 0.5) is 5.69 Å². The van der Waals surface area contributed by atoms with E-state index in [-0.39, 0.29) is 24.0 Å². The molecule has 0 saturated carbocycles. The molecule has 0 radical (unpaired) electrons. The van der Waals surface area contributed by atoms with Crippen molar-refractivity contribution in [3.8, 4) is 5.75 Å². The van der Waals surface area contributed by atoms with E-state index in [2.05, 4.69) is 10.2 Å². The number of nitrogens with zero attached hydrogens (tertiary/aromatic N) is 2. The number of halogens is 1. The van der Waals surface area contributed by atoms with Crippen LogP contribution in [-0.2, 0) is 9.53 Å². The fourth-order valence-corrected chi connectivity index (χ4v) is 4.90. The van der Waals surface area contributed by atoms with Gasteiger partial charge in [-0.2, -0.15) is 0 Å². The molecule has 178 valence electrons. The highest BCUT2D eigenvalue weighted by molar-refractivity contribution is 6.33. The van der Waals surface area contributed by atoms with E-state index in [1.165, 1.54) is 13.2 Å². The molecule has 0 aromatic heterocycles. The van der Waals surface area contributed by atoms with Crippen molar-refractivity contribution >= 4 is 29.1 Å². The van der Waals surface area contributed by atoms with Crippen molar-refractivity contribution in [1.29, 1.82) is 0 Å². The van der Waals surface area contributed by atoms with Gasteiger partial charge in [-0.05, 0) is 31.2 Å². The number of hydrogen-bond donors (Lipinski definition) is 2. The summed E-state index contributed by atoms with van der Waals surface area (Å²) in [5.41, 5.74) is 6.55. The second-order valence-electron chi connectivity index (χ2n) is 8.68. The van der Waals surface area contributed by atoms with Crippen molar-refractivity contribution in [2.45, 2.75) is 44.8 Å². The van der Waals surface area contributed by atoms with E-state index in [1.807, 2.05) is 11.8 Å². The molecule has 32 heavy (non-hydrogen) atoms. The van der Waals surface area contributed by atoms with Crippen molar-refractivity contribution < 1.29 is 19.1 Å². The van der Waals surface area contributed by atoms with Gasteiger partial charge >= 0.3 is 0 Å². The number of nitrogen functional groups attached to an aromatic ring is 1. The Hall–Kier alpha value is -2.03. The molecule has 3 atom stereocenters. The van der Waals surface area contributed by atoms with Crippen LogP contribution in [0.25, 0.3) is 0 Å². The van der Waals surface area contributed by atoms with Gasteiger partial charge in [-0.15, -0.1) is 0 Å². The zero-order chi connectivity index (χ0) is 23.3. The quantitative estimate of drug-likeness (QED) is 0.599. The van der Waals surface area contributed by atoms with E-state index in [0.29, 0.717) is 34.4 Å². The van der Waals surface area contributed by atoms with Gasteiger partial charge in [0.1, 0.15) is 5.75 Å². The molecule has 3 rings (SSSR count). The third-order valence-electron chi connectivity index (χ3n) is 6.52. The third-order valence-corrected chi connectivity index (χ3v) is 6.84. The summed E-state index contributed by atoms with van der Waals surface area (Å²) in [7, 11) is 3.17. The van der Waals surface area contributed by atoms with Crippen LogP contribution in [0.5, 0.6) is 5.75 Å². The van der Waals surface area contributed by atoms with Gasteiger partial charge in [-0.3, -0.25) is 9.59 Å². The maximum atomic E-state index is 12.9. The largest absolute Gasteiger partial charge is 0.496 e. The summed E-state index contributed by atoms with van der Waals surface area (Å²) in [5.74, 6) is 0.845. The molecule has 9 heteroatoms. The van der Waals surface area contributed by atoms with E-state index in [4.69, 9.17) is 26.8 Å². The zero-order valence-corrected chi connectivity index (χ0v) is 20.0. The number of piperidine rings is 2. The minimum absolute atomic E-state index is 0.116. The molecule has 3 unspecified atom stereocenters. The number of carbonyl (C=O) groups is 2. The molecule has 2 heterocycles. The summed E-state index contributed by atoms with van der Waals surface area (Å²) in [5, 5.41) is 3.41. The fourth-order valence-electron chi connectivity index (χ4n) is 4.74. The molecule has 2 amide bonds. The minimum atomic E-state index is -0.259. The van der Waals surface area contributed by atoms with Crippen molar-refractivity contribution in [1.82, 2.24) is 15.1 Å². The lowest BCUT2D eigenvalue weighted by Gasteiger charge is -2.41. The highest BCUT2D eigenvalue weighted by atomic mass is 35.5. The first-order valence-electron chi connectivity index (χ1n) is 11.3. The summed E-state index contributed by atoms with van der Waals surface area (Å²) < 4.78 is 11.1. The van der Waals surface area contributed by atoms with Gasteiger partial charge in [0.2, 0.25) is 5.91 Å². The fraction of sp³-hybridized carbons (Fsp3) is 0.652. The molecule has 2 saturated heterocycles. The van der Waals surface area contributed by atoms with Crippen molar-refractivity contribution in [3.63, 3.8) is 0 Å². The van der Waals surface area contributed by atoms with E-state index >= 15 is 0 Å².